The topological polar surface area (TPSA) is 76.5 Å². The van der Waals surface area contributed by atoms with Gasteiger partial charge in [-0.15, -0.1) is 0 Å². The van der Waals surface area contributed by atoms with Crippen LogP contribution in [0, 0.1) is 5.92 Å². The van der Waals surface area contributed by atoms with Gasteiger partial charge in [-0.25, -0.2) is 4.79 Å². The summed E-state index contributed by atoms with van der Waals surface area (Å²) in [7, 11) is 3.20. The third kappa shape index (κ3) is 3.56. The van der Waals surface area contributed by atoms with E-state index in [9.17, 15) is 9.59 Å². The van der Waals surface area contributed by atoms with Gasteiger partial charge in [0.2, 0.25) is 0 Å². The van der Waals surface area contributed by atoms with E-state index in [0.717, 1.165) is 19.5 Å². The molecule has 0 radical (unpaired) electrons. The van der Waals surface area contributed by atoms with Gasteiger partial charge >= 0.3 is 6.09 Å². The average molecular weight is 328 g/mol. The summed E-state index contributed by atoms with van der Waals surface area (Å²) in [6, 6.07) is 6.87. The highest BCUT2D eigenvalue weighted by atomic mass is 16.5. The number of aryl methyl sites for hydroxylation is 1. The molecule has 7 heteroatoms. The lowest BCUT2D eigenvalue weighted by atomic mass is 9.93. The lowest BCUT2D eigenvalue weighted by Gasteiger charge is -2.39. The van der Waals surface area contributed by atoms with Gasteiger partial charge < -0.3 is 9.64 Å². The van der Waals surface area contributed by atoms with Crippen LogP contribution in [0.15, 0.2) is 36.7 Å². The summed E-state index contributed by atoms with van der Waals surface area (Å²) in [5.41, 5.74) is 2.29. The summed E-state index contributed by atoms with van der Waals surface area (Å²) < 4.78 is 6.34. The van der Waals surface area contributed by atoms with Crippen molar-refractivity contribution in [3.05, 3.63) is 47.8 Å². The number of aromatic nitrogens is 2. The SMILES string of the molecule is COC(=O)Nc1cccc(C(=O)N2CC(Cc3cnn(C)c3)C2)c1. The molecule has 126 valence electrons. The molecule has 1 saturated heterocycles. The molecular weight excluding hydrogens is 308 g/mol. The Hall–Kier alpha value is -2.83. The Bertz CT molecular complexity index is 750. The van der Waals surface area contributed by atoms with Crippen LogP contribution < -0.4 is 5.32 Å². The van der Waals surface area contributed by atoms with Crippen molar-refractivity contribution >= 4 is 17.7 Å². The Labute approximate surface area is 140 Å². The fraction of sp³-hybridized carbons (Fsp3) is 0.353. The molecule has 0 spiro atoms. The van der Waals surface area contributed by atoms with Gasteiger partial charge in [0.1, 0.15) is 0 Å². The van der Waals surface area contributed by atoms with E-state index >= 15 is 0 Å². The Morgan fingerprint density at radius 1 is 1.38 bits per heavy atom. The average Bonchev–Trinajstić information content (AvgIpc) is 2.95. The first-order valence-corrected chi connectivity index (χ1v) is 7.77. The Morgan fingerprint density at radius 3 is 2.83 bits per heavy atom. The first-order chi connectivity index (χ1) is 11.5. The number of benzene rings is 1. The van der Waals surface area contributed by atoms with Crippen LogP contribution in [0.2, 0.25) is 0 Å². The van der Waals surface area contributed by atoms with Crippen molar-refractivity contribution in [2.75, 3.05) is 25.5 Å². The predicted octanol–water partition coefficient (Wildman–Crippen LogP) is 1.91. The molecule has 2 heterocycles. The number of carbonyl (C=O) groups excluding carboxylic acids is 2. The number of rotatable bonds is 4. The van der Waals surface area contributed by atoms with Gasteiger partial charge in [-0.1, -0.05) is 6.07 Å². The number of anilines is 1. The molecule has 1 aliphatic rings. The van der Waals surface area contributed by atoms with Gasteiger partial charge in [0.15, 0.2) is 0 Å². The molecule has 0 bridgehead atoms. The van der Waals surface area contributed by atoms with E-state index in [1.165, 1.54) is 12.7 Å². The van der Waals surface area contributed by atoms with E-state index in [0.29, 0.717) is 17.2 Å². The fourth-order valence-corrected chi connectivity index (χ4v) is 2.86. The molecule has 0 aliphatic carbocycles. The van der Waals surface area contributed by atoms with E-state index in [1.54, 1.807) is 28.9 Å². The minimum absolute atomic E-state index is 0.0223. The molecule has 0 atom stereocenters. The number of carbonyl (C=O) groups is 2. The van der Waals surface area contributed by atoms with Crippen LogP contribution in [0.3, 0.4) is 0 Å². The van der Waals surface area contributed by atoms with Crippen molar-refractivity contribution in [2.24, 2.45) is 13.0 Å². The molecule has 1 aromatic carbocycles. The number of nitrogens with one attached hydrogen (secondary N) is 1. The van der Waals surface area contributed by atoms with Crippen LogP contribution in [-0.4, -0.2) is 46.9 Å². The Kier molecular flexibility index (Phi) is 4.50. The molecule has 1 aromatic heterocycles. The number of amides is 2. The van der Waals surface area contributed by atoms with Crippen LogP contribution in [0.1, 0.15) is 15.9 Å². The first kappa shape index (κ1) is 16.0. The molecule has 1 aliphatic heterocycles. The van der Waals surface area contributed by atoms with Gasteiger partial charge in [-0.05, 0) is 36.1 Å². The highest BCUT2D eigenvalue weighted by Gasteiger charge is 2.31. The molecule has 7 nitrogen and oxygen atoms in total. The van der Waals surface area contributed by atoms with E-state index < -0.39 is 6.09 Å². The summed E-state index contributed by atoms with van der Waals surface area (Å²) in [5, 5.41) is 6.73. The number of nitrogens with zero attached hydrogens (tertiary/aromatic N) is 3. The van der Waals surface area contributed by atoms with Crippen molar-refractivity contribution in [1.29, 1.82) is 0 Å². The molecular formula is C17H20N4O3. The molecule has 1 fully saturated rings. The standard InChI is InChI=1S/C17H20N4O3/c1-20-9-12(8-18-20)6-13-10-21(11-13)16(22)14-4-3-5-15(7-14)19-17(23)24-2/h3-5,7-9,13H,6,10-11H2,1-2H3,(H,19,23). The quantitative estimate of drug-likeness (QED) is 0.930. The number of likely N-dealkylation sites (tertiary alicyclic amines) is 1. The summed E-state index contributed by atoms with van der Waals surface area (Å²) in [4.78, 5) is 25.6. The molecule has 1 N–H and O–H groups in total. The van der Waals surface area contributed by atoms with Crippen molar-refractivity contribution in [3.63, 3.8) is 0 Å². The maximum absolute atomic E-state index is 12.5. The number of methoxy groups -OCH3 is 1. The van der Waals surface area contributed by atoms with Crippen LogP contribution in [0.4, 0.5) is 10.5 Å². The molecule has 24 heavy (non-hydrogen) atoms. The Balaban J connectivity index is 1.56. The summed E-state index contributed by atoms with van der Waals surface area (Å²) >= 11 is 0. The zero-order valence-corrected chi connectivity index (χ0v) is 13.7. The molecule has 0 saturated carbocycles. The van der Waals surface area contributed by atoms with Gasteiger partial charge in [0.25, 0.3) is 5.91 Å². The first-order valence-electron chi connectivity index (χ1n) is 7.77. The second kappa shape index (κ2) is 6.74. The van der Waals surface area contributed by atoms with Gasteiger partial charge in [-0.2, -0.15) is 5.10 Å². The largest absolute Gasteiger partial charge is 0.453 e. The van der Waals surface area contributed by atoms with E-state index in [2.05, 4.69) is 15.2 Å². The van der Waals surface area contributed by atoms with Crippen LogP contribution >= 0.6 is 0 Å². The number of ether oxygens (including phenoxy) is 1. The second-order valence-corrected chi connectivity index (χ2v) is 6.00. The summed E-state index contributed by atoms with van der Waals surface area (Å²) in [6.07, 6.45) is 4.25. The maximum Gasteiger partial charge on any atom is 0.411 e. The lowest BCUT2D eigenvalue weighted by Crippen LogP contribution is -2.50. The lowest BCUT2D eigenvalue weighted by molar-refractivity contribution is 0.0501. The van der Waals surface area contributed by atoms with E-state index in [4.69, 9.17) is 0 Å². The predicted molar refractivity (Wildman–Crippen MR) is 88.8 cm³/mol. The van der Waals surface area contributed by atoms with Gasteiger partial charge in [-0.3, -0.25) is 14.8 Å². The summed E-state index contributed by atoms with van der Waals surface area (Å²) in [6.45, 7) is 1.48. The van der Waals surface area contributed by atoms with Gasteiger partial charge in [0, 0.05) is 37.6 Å². The second-order valence-electron chi connectivity index (χ2n) is 6.00. The molecule has 2 aromatic rings. The zero-order valence-electron chi connectivity index (χ0n) is 13.7. The third-order valence-corrected chi connectivity index (χ3v) is 4.07. The number of hydrogen-bond donors (Lipinski definition) is 1. The van der Waals surface area contributed by atoms with E-state index in [-0.39, 0.29) is 5.91 Å². The minimum atomic E-state index is -0.555. The minimum Gasteiger partial charge on any atom is -0.453 e. The van der Waals surface area contributed by atoms with Crippen molar-refractivity contribution < 1.29 is 14.3 Å². The van der Waals surface area contributed by atoms with Gasteiger partial charge in [0.05, 0.1) is 13.3 Å². The Morgan fingerprint density at radius 2 is 2.17 bits per heavy atom. The van der Waals surface area contributed by atoms with E-state index in [1.807, 2.05) is 24.3 Å². The molecule has 2 amide bonds. The normalized spacial score (nSPS) is 14.2. The number of hydrogen-bond acceptors (Lipinski definition) is 4. The van der Waals surface area contributed by atoms with Crippen LogP contribution in [0.25, 0.3) is 0 Å². The van der Waals surface area contributed by atoms with Crippen molar-refractivity contribution in [3.8, 4) is 0 Å². The highest BCUT2D eigenvalue weighted by molar-refractivity contribution is 5.96. The summed E-state index contributed by atoms with van der Waals surface area (Å²) in [5.74, 6) is 0.445. The fourth-order valence-electron chi connectivity index (χ4n) is 2.86. The van der Waals surface area contributed by atoms with Crippen molar-refractivity contribution in [2.45, 2.75) is 6.42 Å². The third-order valence-electron chi connectivity index (χ3n) is 4.07. The molecule has 0 unspecified atom stereocenters. The highest BCUT2D eigenvalue weighted by Crippen LogP contribution is 2.23. The monoisotopic (exact) mass is 328 g/mol. The van der Waals surface area contributed by atoms with Crippen LogP contribution in [0.5, 0.6) is 0 Å². The van der Waals surface area contributed by atoms with Crippen LogP contribution in [-0.2, 0) is 18.2 Å². The van der Waals surface area contributed by atoms with Crippen molar-refractivity contribution in [1.82, 2.24) is 14.7 Å². The maximum atomic E-state index is 12.5. The molecule has 3 rings (SSSR count). The smallest absolute Gasteiger partial charge is 0.411 e. The zero-order chi connectivity index (χ0) is 17.1.